The molecule has 1 amide bonds. The molecule has 3 aliphatic carbocycles. The van der Waals surface area contributed by atoms with Crippen molar-refractivity contribution in [3.8, 4) is 0 Å². The van der Waals surface area contributed by atoms with Gasteiger partial charge >= 0.3 is 24.0 Å². The lowest BCUT2D eigenvalue weighted by Gasteiger charge is -2.65. The van der Waals surface area contributed by atoms with Gasteiger partial charge in [0, 0.05) is 31.1 Å². The normalized spacial score (nSPS) is 32.6. The molecule has 0 aromatic heterocycles. The van der Waals surface area contributed by atoms with Gasteiger partial charge in [-0.15, -0.1) is 0 Å². The predicted octanol–water partition coefficient (Wildman–Crippen LogP) is 4.91. The van der Waals surface area contributed by atoms with Crippen molar-refractivity contribution in [2.75, 3.05) is 0 Å². The molecule has 0 aliphatic heterocycles. The van der Waals surface area contributed by atoms with Crippen molar-refractivity contribution in [1.82, 2.24) is 5.32 Å². The zero-order valence-electron chi connectivity index (χ0n) is 35.5. The molecule has 59 heavy (non-hydrogen) atoms. The fourth-order valence-corrected chi connectivity index (χ4v) is 10.0. The highest BCUT2D eigenvalue weighted by molar-refractivity contribution is 5.92. The number of carbonyl (C=O) groups is 5. The van der Waals surface area contributed by atoms with Crippen LogP contribution in [0.25, 0.3) is 0 Å². The second kappa shape index (κ2) is 16.4. The first-order chi connectivity index (χ1) is 27.4. The number of amides is 1. The SMILES string of the molecule is CC[C@]1(OC(C)=O)[C@H](O)C[C@H](O)[C@@]2(C)C(=O)[C@H](C)C3=C(C)[C@@H](OC(=O)[C@H](O)[C@@H](NC(=O)OC(C)(C)C)c4ccccc4)C[C@@](O)([C@@H](OC(=O)c4ccccc4)[C@H]12)C3(C)C. The summed E-state index contributed by atoms with van der Waals surface area (Å²) in [5.74, 6) is -6.11. The predicted molar refractivity (Wildman–Crippen MR) is 213 cm³/mol. The van der Waals surface area contributed by atoms with Gasteiger partial charge in [0.1, 0.15) is 34.8 Å². The molecule has 2 bridgehead atoms. The molecule has 0 radical (unpaired) electrons. The molecule has 5 rings (SSSR count). The largest absolute Gasteiger partial charge is 0.456 e. The lowest BCUT2D eigenvalue weighted by atomic mass is 9.44. The minimum atomic E-state index is -2.28. The van der Waals surface area contributed by atoms with E-state index in [0.717, 1.165) is 6.92 Å². The summed E-state index contributed by atoms with van der Waals surface area (Å²) in [6.45, 7) is 15.8. The standard InChI is InChI=1S/C45H59NO13/c1-11-44(58-26(4)47)31(49)22-30(48)43(10)35(44)37(57-38(52)28-20-16-13-17-21-28)45(55)23-29(24(2)32(42(45,8)9)25(3)36(43)51)56-39(53)34(50)33(27-18-14-12-15-19-27)46-40(54)59-41(5,6)7/h12-21,25,29-31,33-35,37,48-50,55H,11,22-23H2,1-10H3,(H,46,54)/t25-,29+,30+,31-,33+,34-,35+,37+,43-,44+,45-/m1/s1. The van der Waals surface area contributed by atoms with E-state index in [1.165, 1.54) is 19.1 Å². The second-order valence-corrected chi connectivity index (χ2v) is 18.0. The van der Waals surface area contributed by atoms with E-state index in [-0.39, 0.29) is 18.4 Å². The number of aliphatic hydroxyl groups excluding tert-OH is 3. The number of ether oxygens (including phenoxy) is 4. The third-order valence-corrected chi connectivity index (χ3v) is 12.9. The maximum Gasteiger partial charge on any atom is 0.408 e. The number of esters is 3. The van der Waals surface area contributed by atoms with Gasteiger partial charge in [0.05, 0.1) is 35.1 Å². The van der Waals surface area contributed by atoms with E-state index in [9.17, 15) is 39.6 Å². The molecular weight excluding hydrogens is 762 g/mol. The number of fused-ring (bicyclic) bond motifs is 3. The van der Waals surface area contributed by atoms with Crippen molar-refractivity contribution in [3.05, 3.63) is 82.9 Å². The average Bonchev–Trinajstić information content (AvgIpc) is 3.16. The molecule has 0 heterocycles. The summed E-state index contributed by atoms with van der Waals surface area (Å²) in [4.78, 5) is 69.5. The Labute approximate surface area is 345 Å². The van der Waals surface area contributed by atoms with Gasteiger partial charge in [-0.25, -0.2) is 14.4 Å². The third-order valence-electron chi connectivity index (χ3n) is 12.9. The topological polar surface area (TPSA) is 215 Å². The van der Waals surface area contributed by atoms with Crippen molar-refractivity contribution in [1.29, 1.82) is 0 Å². The number of hydrogen-bond acceptors (Lipinski definition) is 13. The molecule has 2 aromatic carbocycles. The van der Waals surface area contributed by atoms with Crippen LogP contribution in [0, 0.1) is 22.7 Å². The Morgan fingerprint density at radius 2 is 1.51 bits per heavy atom. The molecule has 14 nitrogen and oxygen atoms in total. The highest BCUT2D eigenvalue weighted by Gasteiger charge is 2.74. The van der Waals surface area contributed by atoms with Gasteiger partial charge < -0.3 is 44.7 Å². The quantitative estimate of drug-likeness (QED) is 0.129. The van der Waals surface area contributed by atoms with E-state index >= 15 is 4.79 Å². The van der Waals surface area contributed by atoms with Gasteiger partial charge in [-0.1, -0.05) is 76.2 Å². The van der Waals surface area contributed by atoms with Crippen LogP contribution in [0.3, 0.4) is 0 Å². The molecule has 2 fully saturated rings. The Hall–Kier alpha value is -4.63. The number of aliphatic hydroxyl groups is 4. The molecule has 0 unspecified atom stereocenters. The summed E-state index contributed by atoms with van der Waals surface area (Å²) in [6.07, 6.45) is -10.2. The zero-order valence-corrected chi connectivity index (χ0v) is 35.5. The maximum atomic E-state index is 15.2. The van der Waals surface area contributed by atoms with Crippen LogP contribution in [-0.2, 0) is 33.3 Å². The third kappa shape index (κ3) is 8.04. The Morgan fingerprint density at radius 3 is 2.05 bits per heavy atom. The highest BCUT2D eigenvalue weighted by Crippen LogP contribution is 2.63. The van der Waals surface area contributed by atoms with Crippen LogP contribution in [-0.4, -0.2) is 97.5 Å². The Kier molecular flexibility index (Phi) is 12.7. The average molecular weight is 822 g/mol. The summed E-state index contributed by atoms with van der Waals surface area (Å²) >= 11 is 0. The first kappa shape index (κ1) is 45.5. The van der Waals surface area contributed by atoms with Crippen LogP contribution >= 0.6 is 0 Å². The van der Waals surface area contributed by atoms with Crippen LogP contribution in [0.1, 0.15) is 110 Å². The Morgan fingerprint density at radius 1 is 0.932 bits per heavy atom. The molecule has 0 spiro atoms. The molecule has 5 N–H and O–H groups in total. The van der Waals surface area contributed by atoms with Crippen LogP contribution < -0.4 is 5.32 Å². The number of carbonyl (C=O) groups excluding carboxylic acids is 5. The van der Waals surface area contributed by atoms with Crippen LogP contribution in [0.2, 0.25) is 0 Å². The summed E-state index contributed by atoms with van der Waals surface area (Å²) in [6, 6.07) is 14.8. The smallest absolute Gasteiger partial charge is 0.408 e. The van der Waals surface area contributed by atoms with Crippen molar-refractivity contribution < 1.29 is 63.3 Å². The number of benzene rings is 2. The first-order valence-corrected chi connectivity index (χ1v) is 20.1. The van der Waals surface area contributed by atoms with Crippen LogP contribution in [0.4, 0.5) is 4.79 Å². The van der Waals surface area contributed by atoms with E-state index in [1.54, 1.807) is 104 Å². The molecule has 2 saturated carbocycles. The van der Waals surface area contributed by atoms with Crippen molar-refractivity contribution in [3.63, 3.8) is 0 Å². The van der Waals surface area contributed by atoms with E-state index in [4.69, 9.17) is 18.9 Å². The second-order valence-electron chi connectivity index (χ2n) is 18.0. The Balaban J connectivity index is 1.70. The molecule has 11 atom stereocenters. The van der Waals surface area contributed by atoms with Crippen LogP contribution in [0.15, 0.2) is 71.8 Å². The van der Waals surface area contributed by atoms with E-state index in [1.807, 2.05) is 0 Å². The number of alkyl carbamates (subject to hydrolysis) is 1. The van der Waals surface area contributed by atoms with E-state index < -0.39 is 112 Å². The summed E-state index contributed by atoms with van der Waals surface area (Å²) in [5.41, 5.74) is -7.36. The fraction of sp³-hybridized carbons (Fsp3) is 0.578. The van der Waals surface area contributed by atoms with E-state index in [2.05, 4.69) is 5.32 Å². The lowest BCUT2D eigenvalue weighted by Crippen LogP contribution is -2.77. The highest BCUT2D eigenvalue weighted by atomic mass is 16.6. The van der Waals surface area contributed by atoms with Crippen molar-refractivity contribution >= 4 is 29.8 Å². The maximum absolute atomic E-state index is 15.2. The summed E-state index contributed by atoms with van der Waals surface area (Å²) in [7, 11) is 0. The molecule has 2 aromatic rings. The number of hydrogen-bond donors (Lipinski definition) is 5. The van der Waals surface area contributed by atoms with Gasteiger partial charge in [0.2, 0.25) is 0 Å². The summed E-state index contributed by atoms with van der Waals surface area (Å²) in [5, 5.41) is 51.5. The minimum absolute atomic E-state index is 0.0853. The first-order valence-electron chi connectivity index (χ1n) is 20.1. The van der Waals surface area contributed by atoms with Gasteiger partial charge in [-0.05, 0) is 69.9 Å². The number of nitrogens with one attached hydrogen (secondary N) is 1. The molecule has 0 saturated heterocycles. The van der Waals surface area contributed by atoms with Gasteiger partial charge in [0.25, 0.3) is 0 Å². The number of ketones is 1. The van der Waals surface area contributed by atoms with Crippen molar-refractivity contribution in [2.45, 2.75) is 142 Å². The van der Waals surface area contributed by atoms with Crippen molar-refractivity contribution in [2.24, 2.45) is 22.7 Å². The molecule has 322 valence electrons. The lowest BCUT2D eigenvalue weighted by molar-refractivity contribution is -0.283. The number of rotatable bonds is 9. The Bertz CT molecular complexity index is 1960. The fourth-order valence-electron chi connectivity index (χ4n) is 10.0. The number of Topliss-reactive ketones (excluding diaryl/α,β-unsaturated/α-hetero) is 1. The van der Waals surface area contributed by atoms with Gasteiger partial charge in [-0.2, -0.15) is 0 Å². The zero-order chi connectivity index (χ0) is 44.0. The van der Waals surface area contributed by atoms with Crippen LogP contribution in [0.5, 0.6) is 0 Å². The molecule has 3 aliphatic rings. The summed E-state index contributed by atoms with van der Waals surface area (Å²) < 4.78 is 23.9. The van der Waals surface area contributed by atoms with Gasteiger partial charge in [-0.3, -0.25) is 9.59 Å². The molecular formula is C45H59NO13. The molecule has 14 heteroatoms. The minimum Gasteiger partial charge on any atom is -0.456 e. The van der Waals surface area contributed by atoms with Gasteiger partial charge in [0.15, 0.2) is 6.10 Å². The van der Waals surface area contributed by atoms with E-state index in [0.29, 0.717) is 16.7 Å². The monoisotopic (exact) mass is 821 g/mol.